The van der Waals surface area contributed by atoms with E-state index in [4.69, 9.17) is 0 Å². The largest absolute Gasteiger partial charge is 1.00 e. The quantitative estimate of drug-likeness (QED) is 0.411. The third-order valence-corrected chi connectivity index (χ3v) is 38.0. The van der Waals surface area contributed by atoms with Crippen LogP contribution in [0.15, 0.2) is 41.1 Å². The van der Waals surface area contributed by atoms with Crippen LogP contribution in [-0.2, 0) is 20.0 Å². The van der Waals surface area contributed by atoms with Crippen molar-refractivity contribution < 1.29 is 44.8 Å². The zero-order valence-electron chi connectivity index (χ0n) is 22.6. The minimum absolute atomic E-state index is 0. The van der Waals surface area contributed by atoms with Crippen LogP contribution in [0.3, 0.4) is 0 Å². The van der Waals surface area contributed by atoms with Crippen molar-refractivity contribution in [1.29, 1.82) is 0 Å². The Morgan fingerprint density at radius 1 is 0.645 bits per heavy atom. The number of allylic oxidation sites excluding steroid dienone is 8. The van der Waals surface area contributed by atoms with Gasteiger partial charge >= 0.3 is 187 Å². The summed E-state index contributed by atoms with van der Waals surface area (Å²) in [7, 11) is 0. The van der Waals surface area contributed by atoms with E-state index in [1.165, 1.54) is 0 Å². The first-order valence-corrected chi connectivity index (χ1v) is 18.9. The van der Waals surface area contributed by atoms with Crippen LogP contribution < -0.4 is 24.8 Å². The monoisotopic (exact) mass is 632 g/mol. The third-order valence-electron chi connectivity index (χ3n) is 9.16. The Hall–Kier alpha value is 0.410. The number of hydrogen-bond donors (Lipinski definition) is 0. The molecule has 2 atom stereocenters. The molecule has 1 heterocycles. The van der Waals surface area contributed by atoms with Gasteiger partial charge in [-0.2, -0.15) is 0 Å². The van der Waals surface area contributed by atoms with Gasteiger partial charge in [0, 0.05) is 0 Å². The molecule has 0 amide bonds. The van der Waals surface area contributed by atoms with Gasteiger partial charge in [0.15, 0.2) is 0 Å². The summed E-state index contributed by atoms with van der Waals surface area (Å²) in [5, 5.41) is 0. The van der Waals surface area contributed by atoms with Gasteiger partial charge in [0.25, 0.3) is 0 Å². The van der Waals surface area contributed by atoms with Crippen molar-refractivity contribution in [3.05, 3.63) is 41.1 Å². The fourth-order valence-corrected chi connectivity index (χ4v) is 41.9. The number of halogens is 2. The number of hydrogen-bond acceptors (Lipinski definition) is 0. The van der Waals surface area contributed by atoms with Crippen molar-refractivity contribution >= 4 is 0 Å². The van der Waals surface area contributed by atoms with E-state index in [0.29, 0.717) is 18.2 Å². The van der Waals surface area contributed by atoms with Crippen LogP contribution in [0.2, 0.25) is 6.34 Å². The molecular weight excluding hydrogens is 586 g/mol. The first kappa shape index (κ1) is 29.4. The molecule has 176 valence electrons. The molecule has 0 nitrogen and oxygen atoms in total. The molecule has 0 aromatic heterocycles. The van der Waals surface area contributed by atoms with Crippen LogP contribution in [0.1, 0.15) is 96.9 Å². The van der Waals surface area contributed by atoms with Gasteiger partial charge in [0.05, 0.1) is 0 Å². The predicted molar refractivity (Wildman–Crippen MR) is 127 cm³/mol. The summed E-state index contributed by atoms with van der Waals surface area (Å²) in [6, 6.07) is 0. The van der Waals surface area contributed by atoms with Gasteiger partial charge < -0.3 is 24.8 Å². The van der Waals surface area contributed by atoms with Gasteiger partial charge in [0.1, 0.15) is 0 Å². The van der Waals surface area contributed by atoms with Gasteiger partial charge in [-0.3, -0.25) is 0 Å². The molecule has 0 spiro atoms. The maximum Gasteiger partial charge on any atom is -1.00 e. The molecule has 3 rings (SSSR count). The van der Waals surface area contributed by atoms with E-state index in [1.54, 1.807) is 22.3 Å². The molecule has 0 aromatic rings. The molecule has 1 aliphatic heterocycles. The summed E-state index contributed by atoms with van der Waals surface area (Å²) in [5.74, 6) is 1.22. The van der Waals surface area contributed by atoms with Crippen LogP contribution >= 0.6 is 0 Å². The third kappa shape index (κ3) is 3.70. The van der Waals surface area contributed by atoms with E-state index in [-0.39, 0.29) is 35.6 Å². The van der Waals surface area contributed by atoms with Crippen molar-refractivity contribution in [2.75, 3.05) is 0 Å². The Morgan fingerprint density at radius 2 is 0.903 bits per heavy atom. The molecule has 0 saturated carbocycles. The summed E-state index contributed by atoms with van der Waals surface area (Å²) in [4.78, 5) is 0. The normalized spacial score (nSPS) is 27.7. The Morgan fingerprint density at radius 3 is 1.06 bits per heavy atom. The maximum absolute atomic E-state index is 3.09. The van der Waals surface area contributed by atoms with Gasteiger partial charge in [-0.25, -0.2) is 0 Å². The molecule has 0 aromatic carbocycles. The molecule has 0 radical (unpaired) electrons. The Labute approximate surface area is 210 Å². The van der Waals surface area contributed by atoms with Crippen molar-refractivity contribution in [2.24, 2.45) is 22.7 Å². The van der Waals surface area contributed by atoms with E-state index < -0.39 is 20.0 Å². The maximum atomic E-state index is 2.63. The summed E-state index contributed by atoms with van der Waals surface area (Å²) in [6.45, 7) is 34.8. The summed E-state index contributed by atoms with van der Waals surface area (Å²) < 4.78 is 4.81. The molecule has 2 aliphatic carbocycles. The van der Waals surface area contributed by atoms with Crippen molar-refractivity contribution in [1.82, 2.24) is 0 Å². The van der Waals surface area contributed by atoms with Gasteiger partial charge in [0.2, 0.25) is 0 Å². The van der Waals surface area contributed by atoms with Crippen LogP contribution in [0.25, 0.3) is 0 Å². The van der Waals surface area contributed by atoms with E-state index >= 15 is 0 Å². The Bertz CT molecular complexity index is 805. The molecule has 0 N–H and O–H groups in total. The Kier molecular flexibility index (Phi) is 7.85. The van der Waals surface area contributed by atoms with Crippen LogP contribution in [0.5, 0.6) is 0 Å². The van der Waals surface area contributed by atoms with E-state index in [1.807, 2.05) is 6.66 Å². The van der Waals surface area contributed by atoms with Crippen molar-refractivity contribution in [3.8, 4) is 0 Å². The van der Waals surface area contributed by atoms with Crippen molar-refractivity contribution in [2.45, 2.75) is 103 Å². The zero-order chi connectivity index (χ0) is 22.5. The molecule has 3 aliphatic rings. The van der Waals surface area contributed by atoms with E-state index in [2.05, 4.69) is 109 Å². The van der Waals surface area contributed by atoms with E-state index in [9.17, 15) is 0 Å². The molecular formula is C28H46Cl2Hf. The fraction of sp³-hybridized carbons (Fsp3) is 0.714. The minimum Gasteiger partial charge on any atom is -1.00 e. The summed E-state index contributed by atoms with van der Waals surface area (Å²) >= 11 is -3.09. The zero-order valence-corrected chi connectivity index (χ0v) is 27.7. The smallest absolute Gasteiger partial charge is 1.00 e. The topological polar surface area (TPSA) is 0 Å². The second kappa shape index (κ2) is 8.27. The summed E-state index contributed by atoms with van der Waals surface area (Å²) in [5.41, 5.74) is 7.04. The molecule has 3 heteroatoms. The molecule has 2 unspecified atom stereocenters. The fourth-order valence-electron chi connectivity index (χ4n) is 7.56. The molecule has 1 fully saturated rings. The SMILES string of the molecule is CC1=[C]([Hf+2]2([C]3=C(C)C(C(C)(C)C)=CC3C)[C](C)(C)[C]2(C)C)C(C)C=C1C(C)(C)C.[Cl-].[Cl-]. The van der Waals surface area contributed by atoms with Gasteiger partial charge in [-0.15, -0.1) is 0 Å². The van der Waals surface area contributed by atoms with Crippen LogP contribution in [-0.4, -0.2) is 0 Å². The second-order valence-electron chi connectivity index (χ2n) is 13.3. The average molecular weight is 632 g/mol. The second-order valence-corrected chi connectivity index (χ2v) is 31.6. The first-order valence-electron chi connectivity index (χ1n) is 11.7. The predicted octanol–water partition coefficient (Wildman–Crippen LogP) is 3.35. The standard InChI is InChI=1S/2C11H17.C6H12.2ClH.Hf/c2*1-8-6-9(2)10(7-8)11(3,4)5;1-5(2)6(3)4;;;/h2*7-8H,1-5H3;1-4H3;2*1H;/q;;;;;+2/p-2. The Balaban J connectivity index is 0.00000240. The molecule has 31 heavy (non-hydrogen) atoms. The van der Waals surface area contributed by atoms with Crippen molar-refractivity contribution in [3.63, 3.8) is 0 Å². The first-order chi connectivity index (χ1) is 12.8. The van der Waals surface area contributed by atoms with Gasteiger partial charge in [-0.1, -0.05) is 0 Å². The summed E-state index contributed by atoms with van der Waals surface area (Å²) in [6.07, 6.45) is 5.26. The number of rotatable bonds is 2. The molecule has 1 saturated heterocycles. The average Bonchev–Trinajstić information content (AvgIpc) is 2.84. The minimum atomic E-state index is -3.09. The van der Waals surface area contributed by atoms with Crippen LogP contribution in [0.4, 0.5) is 0 Å². The van der Waals surface area contributed by atoms with E-state index in [0.717, 1.165) is 0 Å². The molecule has 0 bridgehead atoms. The van der Waals surface area contributed by atoms with Crippen LogP contribution in [0, 0.1) is 22.7 Å². The van der Waals surface area contributed by atoms with Gasteiger partial charge in [-0.05, 0) is 0 Å².